The molecule has 2 aromatic heterocycles. The Labute approximate surface area is 184 Å². The van der Waals surface area contributed by atoms with Gasteiger partial charge in [-0.05, 0) is 17.2 Å². The zero-order valence-corrected chi connectivity index (χ0v) is 17.1. The van der Waals surface area contributed by atoms with Gasteiger partial charge in [0, 0.05) is 30.9 Å². The van der Waals surface area contributed by atoms with E-state index in [4.69, 9.17) is 0 Å². The Morgan fingerprint density at radius 1 is 1.00 bits per heavy atom. The second-order valence-electron chi connectivity index (χ2n) is 7.64. The lowest BCUT2D eigenvalue weighted by atomic mass is 10.1. The van der Waals surface area contributed by atoms with Crippen molar-refractivity contribution in [1.29, 1.82) is 0 Å². The number of aromatic hydroxyl groups is 2. The first-order chi connectivity index (χ1) is 15.6. The average molecular weight is 427 g/mol. The van der Waals surface area contributed by atoms with Crippen LogP contribution in [0, 0.1) is 0 Å². The second kappa shape index (κ2) is 8.07. The molecule has 0 fully saturated rings. The van der Waals surface area contributed by atoms with E-state index in [0.717, 1.165) is 16.8 Å². The van der Waals surface area contributed by atoms with Crippen LogP contribution in [0.25, 0.3) is 0 Å². The van der Waals surface area contributed by atoms with E-state index in [1.165, 1.54) is 12.1 Å². The van der Waals surface area contributed by atoms with Crippen LogP contribution >= 0.6 is 0 Å². The number of rotatable bonds is 5. The number of aromatic nitrogens is 3. The summed E-state index contributed by atoms with van der Waals surface area (Å²) in [5, 5.41) is 28.2. The molecule has 0 spiro atoms. The van der Waals surface area contributed by atoms with Gasteiger partial charge >= 0.3 is 0 Å². The lowest BCUT2D eigenvalue weighted by Gasteiger charge is -2.20. The van der Waals surface area contributed by atoms with Crippen LogP contribution in [0.4, 0.5) is 11.5 Å². The molecule has 0 radical (unpaired) electrons. The van der Waals surface area contributed by atoms with E-state index in [2.05, 4.69) is 15.4 Å². The van der Waals surface area contributed by atoms with Crippen molar-refractivity contribution in [3.63, 3.8) is 0 Å². The highest BCUT2D eigenvalue weighted by Gasteiger charge is 2.29. The van der Waals surface area contributed by atoms with E-state index in [0.29, 0.717) is 31.1 Å². The third kappa shape index (κ3) is 3.74. The van der Waals surface area contributed by atoms with Crippen molar-refractivity contribution < 1.29 is 15.0 Å². The van der Waals surface area contributed by atoms with Crippen LogP contribution in [0.15, 0.2) is 73.1 Å². The molecule has 0 saturated carbocycles. The van der Waals surface area contributed by atoms with Crippen molar-refractivity contribution in [3.05, 3.63) is 95.4 Å². The quantitative estimate of drug-likeness (QED) is 0.449. The van der Waals surface area contributed by atoms with Crippen LogP contribution in [-0.4, -0.2) is 35.8 Å². The lowest BCUT2D eigenvalue weighted by molar-refractivity contribution is 0.0748. The molecule has 160 valence electrons. The summed E-state index contributed by atoms with van der Waals surface area (Å²) in [7, 11) is 0. The first-order valence-corrected chi connectivity index (χ1v) is 10.2. The van der Waals surface area contributed by atoms with Gasteiger partial charge in [-0.15, -0.1) is 0 Å². The van der Waals surface area contributed by atoms with Crippen molar-refractivity contribution >= 4 is 17.4 Å². The summed E-state index contributed by atoms with van der Waals surface area (Å²) in [5.41, 5.74) is 3.27. The fourth-order valence-corrected chi connectivity index (χ4v) is 3.90. The Bertz CT molecular complexity index is 1260. The second-order valence-corrected chi connectivity index (χ2v) is 7.64. The molecule has 1 aliphatic heterocycles. The molecule has 1 amide bonds. The highest BCUT2D eigenvalue weighted by molar-refractivity contribution is 6.03. The minimum Gasteiger partial charge on any atom is -0.508 e. The van der Waals surface area contributed by atoms with Gasteiger partial charge in [0.2, 0.25) is 0 Å². The summed E-state index contributed by atoms with van der Waals surface area (Å²) >= 11 is 0. The molecule has 0 aliphatic carbocycles. The van der Waals surface area contributed by atoms with Crippen LogP contribution in [0.1, 0.15) is 27.2 Å². The maximum atomic E-state index is 13.4. The van der Waals surface area contributed by atoms with Gasteiger partial charge in [-0.2, -0.15) is 5.10 Å². The number of phenols is 2. The summed E-state index contributed by atoms with van der Waals surface area (Å²) in [6.45, 7) is 1.30. The van der Waals surface area contributed by atoms with Crippen molar-refractivity contribution in [2.45, 2.75) is 19.6 Å². The third-order valence-corrected chi connectivity index (χ3v) is 5.44. The molecule has 2 aromatic carbocycles. The van der Waals surface area contributed by atoms with Gasteiger partial charge < -0.3 is 20.4 Å². The number of amides is 1. The van der Waals surface area contributed by atoms with E-state index < -0.39 is 0 Å². The first-order valence-electron chi connectivity index (χ1n) is 10.2. The number of nitrogens with zero attached hydrogens (tertiary/aromatic N) is 4. The Hall–Kier alpha value is -4.33. The average Bonchev–Trinajstić information content (AvgIpc) is 3.41. The molecule has 0 unspecified atom stereocenters. The number of carbonyl (C=O) groups is 1. The standard InChI is InChI=1S/C24H21N5O3/c30-18-11-19(27-22-8-10-26-29(22)13-16-5-2-1-3-6-16)23(21(31)12-18)24(32)28-14-17-7-4-9-25-20(17)15-28/h1-12,27,30-31H,13-15H2. The minimum absolute atomic E-state index is 0.0862. The van der Waals surface area contributed by atoms with Crippen molar-refractivity contribution in [2.24, 2.45) is 0 Å². The molecule has 3 N–H and O–H groups in total. The summed E-state index contributed by atoms with van der Waals surface area (Å²) in [6, 6.07) is 18.0. The maximum Gasteiger partial charge on any atom is 0.260 e. The Kier molecular flexibility index (Phi) is 4.95. The van der Waals surface area contributed by atoms with E-state index in [-0.39, 0.29) is 23.0 Å². The SMILES string of the molecule is O=C(c1c(O)cc(O)cc1Nc1ccnn1Cc1ccccc1)N1Cc2cccnc2C1. The predicted octanol–water partition coefficient (Wildman–Crippen LogP) is 3.64. The first kappa shape index (κ1) is 19.6. The molecular weight excluding hydrogens is 406 g/mol. The molecule has 32 heavy (non-hydrogen) atoms. The predicted molar refractivity (Wildman–Crippen MR) is 119 cm³/mol. The molecule has 3 heterocycles. The van der Waals surface area contributed by atoms with Gasteiger partial charge in [-0.25, -0.2) is 4.68 Å². The van der Waals surface area contributed by atoms with Gasteiger partial charge in [0.05, 0.1) is 30.7 Å². The third-order valence-electron chi connectivity index (χ3n) is 5.44. The number of hydrogen-bond acceptors (Lipinski definition) is 6. The molecule has 0 atom stereocenters. The number of pyridine rings is 1. The summed E-state index contributed by atoms with van der Waals surface area (Å²) in [6.07, 6.45) is 3.35. The van der Waals surface area contributed by atoms with Crippen LogP contribution in [0.2, 0.25) is 0 Å². The zero-order valence-electron chi connectivity index (χ0n) is 17.1. The fourth-order valence-electron chi connectivity index (χ4n) is 3.90. The zero-order chi connectivity index (χ0) is 22.1. The Morgan fingerprint density at radius 2 is 1.84 bits per heavy atom. The molecule has 0 saturated heterocycles. The largest absolute Gasteiger partial charge is 0.508 e. The number of benzene rings is 2. The molecule has 0 bridgehead atoms. The topological polar surface area (TPSA) is 104 Å². The minimum atomic E-state index is -0.350. The number of fused-ring (bicyclic) bond motifs is 1. The molecule has 8 nitrogen and oxygen atoms in total. The summed E-state index contributed by atoms with van der Waals surface area (Å²) in [4.78, 5) is 19.3. The Balaban J connectivity index is 1.45. The van der Waals surface area contributed by atoms with E-state index >= 15 is 0 Å². The van der Waals surface area contributed by atoms with Gasteiger partial charge in [0.1, 0.15) is 22.9 Å². The van der Waals surface area contributed by atoms with Gasteiger partial charge in [0.15, 0.2) is 0 Å². The molecule has 4 aromatic rings. The summed E-state index contributed by atoms with van der Waals surface area (Å²) < 4.78 is 1.75. The molecule has 5 rings (SSSR count). The van der Waals surface area contributed by atoms with Crippen molar-refractivity contribution in [3.8, 4) is 11.5 Å². The van der Waals surface area contributed by atoms with Gasteiger partial charge in [0.25, 0.3) is 5.91 Å². The number of phenolic OH excluding ortho intramolecular Hbond substituents is 2. The van der Waals surface area contributed by atoms with Crippen LogP contribution in [-0.2, 0) is 19.6 Å². The lowest BCUT2D eigenvalue weighted by Crippen LogP contribution is -2.26. The highest BCUT2D eigenvalue weighted by atomic mass is 16.3. The van der Waals surface area contributed by atoms with Crippen LogP contribution < -0.4 is 5.32 Å². The number of nitrogens with one attached hydrogen (secondary N) is 1. The molecular formula is C24H21N5O3. The smallest absolute Gasteiger partial charge is 0.260 e. The van der Waals surface area contributed by atoms with Crippen LogP contribution in [0.5, 0.6) is 11.5 Å². The maximum absolute atomic E-state index is 13.4. The molecule has 8 heteroatoms. The van der Waals surface area contributed by atoms with E-state index in [9.17, 15) is 15.0 Å². The fraction of sp³-hybridized carbons (Fsp3) is 0.125. The summed E-state index contributed by atoms with van der Waals surface area (Å²) in [5.74, 6) is -0.172. The number of anilines is 2. The monoisotopic (exact) mass is 427 g/mol. The highest BCUT2D eigenvalue weighted by Crippen LogP contribution is 2.35. The van der Waals surface area contributed by atoms with Crippen molar-refractivity contribution in [2.75, 3.05) is 5.32 Å². The van der Waals surface area contributed by atoms with E-state index in [1.807, 2.05) is 42.5 Å². The Morgan fingerprint density at radius 3 is 2.66 bits per heavy atom. The molecule has 1 aliphatic rings. The van der Waals surface area contributed by atoms with E-state index in [1.54, 1.807) is 28.0 Å². The number of carbonyl (C=O) groups excluding carboxylic acids is 1. The number of hydrogen-bond donors (Lipinski definition) is 3. The van der Waals surface area contributed by atoms with Crippen molar-refractivity contribution in [1.82, 2.24) is 19.7 Å². The van der Waals surface area contributed by atoms with Gasteiger partial charge in [-0.3, -0.25) is 9.78 Å². The van der Waals surface area contributed by atoms with Gasteiger partial charge in [-0.1, -0.05) is 36.4 Å². The normalized spacial score (nSPS) is 12.6. The van der Waals surface area contributed by atoms with Crippen LogP contribution in [0.3, 0.4) is 0 Å².